The molecule has 0 saturated carbocycles. The highest BCUT2D eigenvalue weighted by molar-refractivity contribution is 6.66. The summed E-state index contributed by atoms with van der Waals surface area (Å²) in [5.74, 6) is -0.959. The highest BCUT2D eigenvalue weighted by Gasteiger charge is 2.64. The molecule has 1 N–H and O–H groups in total. The van der Waals surface area contributed by atoms with Crippen LogP contribution >= 0.6 is 0 Å². The van der Waals surface area contributed by atoms with E-state index in [0.717, 1.165) is 29.6 Å². The van der Waals surface area contributed by atoms with E-state index in [-0.39, 0.29) is 30.8 Å². The Balaban J connectivity index is 1.45. The molecule has 2 saturated heterocycles. The van der Waals surface area contributed by atoms with Gasteiger partial charge in [-0.1, -0.05) is 27.7 Å². The number of hydrogen-bond acceptors (Lipinski definition) is 6. The van der Waals surface area contributed by atoms with Crippen molar-refractivity contribution in [1.29, 1.82) is 0 Å². The number of ether oxygens (including phenoxy) is 2. The number of carbonyl (C=O) groups is 3. The zero-order valence-electron chi connectivity index (χ0n) is 26.0. The molecule has 2 aromatic rings. The van der Waals surface area contributed by atoms with E-state index in [9.17, 15) is 14.4 Å². The van der Waals surface area contributed by atoms with Crippen LogP contribution in [0.5, 0.6) is 5.75 Å². The summed E-state index contributed by atoms with van der Waals surface area (Å²) in [6.07, 6.45) is 0. The third-order valence-corrected chi connectivity index (χ3v) is 10.9. The fourth-order valence-electron chi connectivity index (χ4n) is 6.60. The molecule has 1 unspecified atom stereocenters. The first-order valence-corrected chi connectivity index (χ1v) is 14.6. The number of rotatable bonds is 6. The third kappa shape index (κ3) is 4.50. The minimum atomic E-state index is -1.30. The molecular formula is C25H34B8FN3O5. The fraction of sp³-hybridized carbons (Fsp3) is 0.400. The van der Waals surface area contributed by atoms with Gasteiger partial charge in [-0.2, -0.15) is 0 Å². The molecule has 3 heterocycles. The number of nitrogens with zero attached hydrogens (tertiary/aromatic N) is 2. The summed E-state index contributed by atoms with van der Waals surface area (Å²) < 4.78 is 27.4. The molecule has 2 fully saturated rings. The van der Waals surface area contributed by atoms with Gasteiger partial charge in [0, 0.05) is 36.3 Å². The molecule has 5 rings (SSSR count). The molecule has 1 atom stereocenters. The van der Waals surface area contributed by atoms with Crippen LogP contribution in [-0.4, -0.2) is 122 Å². The quantitative estimate of drug-likeness (QED) is 0.279. The normalized spacial score (nSPS) is 23.5. The molecule has 210 valence electrons. The largest absolute Gasteiger partial charge is 0.488 e. The highest BCUT2D eigenvalue weighted by atomic mass is 19.1. The van der Waals surface area contributed by atoms with Gasteiger partial charge in [0.15, 0.2) is 0 Å². The molecule has 0 aliphatic carbocycles. The molecule has 3 aliphatic heterocycles. The summed E-state index contributed by atoms with van der Waals surface area (Å²) >= 11 is 0. The first-order chi connectivity index (χ1) is 19.6. The van der Waals surface area contributed by atoms with Crippen molar-refractivity contribution in [3.05, 3.63) is 46.3 Å². The summed E-state index contributed by atoms with van der Waals surface area (Å²) in [6.45, 7) is 3.91. The van der Waals surface area contributed by atoms with Crippen molar-refractivity contribution in [2.24, 2.45) is 0 Å². The summed E-state index contributed by atoms with van der Waals surface area (Å²) in [5.41, 5.74) is 3.82. The summed E-state index contributed by atoms with van der Waals surface area (Å²) in [6, 6.07) is 5.24. The second-order valence-corrected chi connectivity index (χ2v) is 13.1. The third-order valence-electron chi connectivity index (χ3n) is 10.9. The van der Waals surface area contributed by atoms with E-state index in [1.807, 2.05) is 31.4 Å². The van der Waals surface area contributed by atoms with Gasteiger partial charge >= 0.3 is 0 Å². The maximum Gasteiger partial charge on any atom is 0.254 e. The van der Waals surface area contributed by atoms with Crippen molar-refractivity contribution in [1.82, 2.24) is 15.1 Å². The SMILES string of the molecule is Bc1c(B)c(CN2CCOCC2)c(B)c(COc2cccc3c2CN(C2(B)C(=O)NC(=O)C(B)(B)C2(B)B)C3=O)c1F. The second-order valence-electron chi connectivity index (χ2n) is 13.1. The lowest BCUT2D eigenvalue weighted by Gasteiger charge is -2.59. The Bertz CT molecular complexity index is 1500. The highest BCUT2D eigenvalue weighted by Crippen LogP contribution is 2.55. The summed E-state index contributed by atoms with van der Waals surface area (Å²) in [7, 11) is 14.7. The summed E-state index contributed by atoms with van der Waals surface area (Å²) in [5, 5.41) is 0.707. The van der Waals surface area contributed by atoms with E-state index < -0.39 is 21.8 Å². The van der Waals surface area contributed by atoms with Gasteiger partial charge < -0.3 is 14.4 Å². The van der Waals surface area contributed by atoms with Gasteiger partial charge in [0.2, 0.25) is 11.8 Å². The minimum absolute atomic E-state index is 0.00429. The van der Waals surface area contributed by atoms with Crippen molar-refractivity contribution in [3.8, 4) is 5.75 Å². The Morgan fingerprint density at radius 3 is 2.26 bits per heavy atom. The van der Waals surface area contributed by atoms with Crippen LogP contribution in [-0.2, 0) is 34.0 Å². The number of carbonyl (C=O) groups excluding carboxylic acids is 3. The van der Waals surface area contributed by atoms with Crippen molar-refractivity contribution >= 4 is 96.9 Å². The zero-order chi connectivity index (χ0) is 30.8. The maximum atomic E-state index is 15.7. The van der Waals surface area contributed by atoms with Crippen LogP contribution in [0.1, 0.15) is 27.0 Å². The first-order valence-electron chi connectivity index (χ1n) is 14.6. The Labute approximate surface area is 253 Å². The molecule has 0 radical (unpaired) electrons. The number of morpholine rings is 1. The van der Waals surface area contributed by atoms with Crippen molar-refractivity contribution in [2.75, 3.05) is 26.3 Å². The average Bonchev–Trinajstić information content (AvgIpc) is 3.30. The molecule has 0 bridgehead atoms. The molecule has 17 heteroatoms. The van der Waals surface area contributed by atoms with Crippen LogP contribution in [0.2, 0.25) is 10.4 Å². The monoisotopic (exact) mass is 563 g/mol. The minimum Gasteiger partial charge on any atom is -0.488 e. The standard InChI is InChI=1S/C25H34B8FN3O5/c26-16-13(8-36-4-6-41-7-5-36)17(27)18(28)19(34)14(16)10-42-15-3-1-2-11-12(15)9-37(20(11)38)24(31)22(40)35-21(39)23(29,30)25(24,32)33/h1-3H,4-10,26-33H2,(H,35,39,40). The number of amides is 3. The Morgan fingerprint density at radius 2 is 1.60 bits per heavy atom. The van der Waals surface area contributed by atoms with Gasteiger partial charge in [-0.15, -0.1) is 0 Å². The smallest absolute Gasteiger partial charge is 0.254 e. The van der Waals surface area contributed by atoms with E-state index in [1.54, 1.807) is 54.5 Å². The number of hydrogen-bond donors (Lipinski definition) is 1. The van der Waals surface area contributed by atoms with Gasteiger partial charge in [0.1, 0.15) is 80.9 Å². The Hall–Kier alpha value is -2.78. The number of imide groups is 1. The van der Waals surface area contributed by atoms with E-state index in [0.29, 0.717) is 47.7 Å². The van der Waals surface area contributed by atoms with Crippen LogP contribution in [0.25, 0.3) is 0 Å². The van der Waals surface area contributed by atoms with Crippen molar-refractivity contribution < 1.29 is 28.2 Å². The molecule has 0 spiro atoms. The van der Waals surface area contributed by atoms with Crippen LogP contribution in [0.4, 0.5) is 4.39 Å². The Kier molecular flexibility index (Phi) is 7.84. The lowest BCUT2D eigenvalue weighted by atomic mass is 9.21. The van der Waals surface area contributed by atoms with Crippen molar-refractivity contribution in [3.63, 3.8) is 0 Å². The molecule has 3 amide bonds. The number of piperidine rings is 1. The zero-order valence-corrected chi connectivity index (χ0v) is 26.0. The number of fused-ring (bicyclic) bond motifs is 1. The molecule has 8 nitrogen and oxygen atoms in total. The number of halogens is 1. The predicted octanol–water partition coefficient (Wildman–Crippen LogP) is -8.28. The van der Waals surface area contributed by atoms with Gasteiger partial charge in [-0.3, -0.25) is 24.6 Å². The van der Waals surface area contributed by atoms with Crippen LogP contribution in [0.15, 0.2) is 18.2 Å². The lowest BCUT2D eigenvalue weighted by molar-refractivity contribution is -0.140. The van der Waals surface area contributed by atoms with Gasteiger partial charge in [-0.05, 0) is 22.9 Å². The van der Waals surface area contributed by atoms with Gasteiger partial charge in [-0.25, -0.2) is 4.39 Å². The molecule has 42 heavy (non-hydrogen) atoms. The maximum absolute atomic E-state index is 15.7. The first kappa shape index (κ1) is 30.7. The van der Waals surface area contributed by atoms with Crippen molar-refractivity contribution in [2.45, 2.75) is 35.6 Å². The molecule has 0 aromatic heterocycles. The Morgan fingerprint density at radius 1 is 0.929 bits per heavy atom. The van der Waals surface area contributed by atoms with Crippen LogP contribution in [0, 0.1) is 5.82 Å². The van der Waals surface area contributed by atoms with Gasteiger partial charge in [0.25, 0.3) is 5.91 Å². The van der Waals surface area contributed by atoms with E-state index >= 15 is 4.39 Å². The van der Waals surface area contributed by atoms with E-state index in [1.165, 1.54) is 0 Å². The fourth-order valence-corrected chi connectivity index (χ4v) is 6.60. The average molecular weight is 562 g/mol. The topological polar surface area (TPSA) is 88.2 Å². The van der Waals surface area contributed by atoms with Gasteiger partial charge in [0.05, 0.1) is 25.2 Å². The number of benzene rings is 2. The molecule has 2 aromatic carbocycles. The molecule has 3 aliphatic rings. The van der Waals surface area contributed by atoms with E-state index in [2.05, 4.69) is 10.2 Å². The van der Waals surface area contributed by atoms with Crippen LogP contribution in [0.3, 0.4) is 0 Å². The van der Waals surface area contributed by atoms with E-state index in [4.69, 9.17) is 9.47 Å². The molecular weight excluding hydrogens is 528 g/mol. The second kappa shape index (κ2) is 10.7. The lowest BCUT2D eigenvalue weighted by Crippen LogP contribution is -2.75. The summed E-state index contributed by atoms with van der Waals surface area (Å²) in [4.78, 5) is 43.9. The van der Waals surface area contributed by atoms with Crippen LogP contribution < -0.4 is 26.4 Å². The predicted molar refractivity (Wildman–Crippen MR) is 182 cm³/mol. The number of nitrogens with one attached hydrogen (secondary N) is 1.